The summed E-state index contributed by atoms with van der Waals surface area (Å²) in [6.45, 7) is 2.43. The Bertz CT molecular complexity index is 1090. The molecule has 176 valence electrons. The van der Waals surface area contributed by atoms with Crippen LogP contribution in [-0.2, 0) is 16.1 Å². The Hall–Kier alpha value is -4.13. The molecule has 0 bridgehead atoms. The highest BCUT2D eigenvalue weighted by molar-refractivity contribution is 6.04. The van der Waals surface area contributed by atoms with Crippen LogP contribution in [0.2, 0.25) is 0 Å². The zero-order valence-electron chi connectivity index (χ0n) is 19.1. The quantitative estimate of drug-likeness (QED) is 0.379. The van der Waals surface area contributed by atoms with Crippen LogP contribution in [0.4, 0.5) is 10.5 Å². The van der Waals surface area contributed by atoms with Crippen LogP contribution in [0.25, 0.3) is 0 Å². The molecular formula is C27H29N3O4. The van der Waals surface area contributed by atoms with Crippen molar-refractivity contribution in [2.45, 2.75) is 32.4 Å². The average Bonchev–Trinajstić information content (AvgIpc) is 2.86. The molecule has 1 unspecified atom stereocenters. The topological polar surface area (TPSA) is 96.5 Å². The SMILES string of the molecule is CC(NC(=O)CCCNC(=O)OCc1ccccc1)c1cccc(NC(=O)c2ccccc2)c1. The summed E-state index contributed by atoms with van der Waals surface area (Å²) in [6.07, 6.45) is 0.256. The van der Waals surface area contributed by atoms with Crippen LogP contribution in [0.3, 0.4) is 0 Å². The van der Waals surface area contributed by atoms with E-state index in [2.05, 4.69) is 16.0 Å². The van der Waals surface area contributed by atoms with E-state index in [1.165, 1.54) is 0 Å². The Morgan fingerprint density at radius 3 is 2.32 bits per heavy atom. The van der Waals surface area contributed by atoms with E-state index in [1.807, 2.05) is 73.7 Å². The fourth-order valence-corrected chi connectivity index (χ4v) is 3.29. The van der Waals surface area contributed by atoms with E-state index in [0.29, 0.717) is 24.2 Å². The van der Waals surface area contributed by atoms with E-state index >= 15 is 0 Å². The van der Waals surface area contributed by atoms with Gasteiger partial charge >= 0.3 is 6.09 Å². The standard InChI is InChI=1S/C27H29N3O4/c1-20(23-14-8-15-24(18-23)30-26(32)22-12-6-3-7-13-22)29-25(31)16-9-17-28-27(33)34-19-21-10-4-2-5-11-21/h2-8,10-15,18,20H,9,16-17,19H2,1H3,(H,28,33)(H,29,31)(H,30,32). The maximum absolute atomic E-state index is 12.4. The van der Waals surface area contributed by atoms with E-state index in [4.69, 9.17) is 4.74 Å². The average molecular weight is 460 g/mol. The minimum absolute atomic E-state index is 0.120. The molecule has 0 radical (unpaired) electrons. The fraction of sp³-hybridized carbons (Fsp3) is 0.222. The molecule has 0 heterocycles. The second-order valence-electron chi connectivity index (χ2n) is 7.83. The summed E-state index contributed by atoms with van der Waals surface area (Å²) in [5.74, 6) is -0.310. The van der Waals surface area contributed by atoms with Crippen molar-refractivity contribution >= 4 is 23.6 Å². The largest absolute Gasteiger partial charge is 0.445 e. The normalized spacial score (nSPS) is 11.2. The zero-order chi connectivity index (χ0) is 24.2. The molecule has 0 aliphatic carbocycles. The Balaban J connectivity index is 1.37. The lowest BCUT2D eigenvalue weighted by Crippen LogP contribution is -2.29. The molecule has 0 aliphatic heterocycles. The highest BCUT2D eigenvalue weighted by Crippen LogP contribution is 2.18. The van der Waals surface area contributed by atoms with Gasteiger partial charge in [-0.1, -0.05) is 60.7 Å². The van der Waals surface area contributed by atoms with Gasteiger partial charge in [-0.3, -0.25) is 9.59 Å². The van der Waals surface area contributed by atoms with Crippen molar-refractivity contribution in [2.24, 2.45) is 0 Å². The van der Waals surface area contributed by atoms with E-state index in [1.54, 1.807) is 18.2 Å². The Kier molecular flexibility index (Phi) is 9.22. The lowest BCUT2D eigenvalue weighted by molar-refractivity contribution is -0.121. The molecule has 0 spiro atoms. The van der Waals surface area contributed by atoms with Crippen molar-refractivity contribution in [1.29, 1.82) is 0 Å². The van der Waals surface area contributed by atoms with Gasteiger partial charge < -0.3 is 20.7 Å². The summed E-state index contributed by atoms with van der Waals surface area (Å²) in [7, 11) is 0. The fourth-order valence-electron chi connectivity index (χ4n) is 3.29. The molecule has 0 saturated carbocycles. The summed E-state index contributed by atoms with van der Waals surface area (Å²) in [5, 5.41) is 8.47. The summed E-state index contributed by atoms with van der Waals surface area (Å²) in [4.78, 5) is 36.4. The van der Waals surface area contributed by atoms with Gasteiger partial charge in [0.25, 0.3) is 5.91 Å². The number of hydrogen-bond acceptors (Lipinski definition) is 4. The van der Waals surface area contributed by atoms with Gasteiger partial charge in [0.1, 0.15) is 6.61 Å². The van der Waals surface area contributed by atoms with Crippen LogP contribution in [0.1, 0.15) is 47.3 Å². The molecule has 1 atom stereocenters. The Morgan fingerprint density at radius 2 is 1.59 bits per heavy atom. The first kappa shape index (κ1) is 24.5. The van der Waals surface area contributed by atoms with Gasteiger partial charge in [0, 0.05) is 24.2 Å². The predicted octanol–water partition coefficient (Wildman–Crippen LogP) is 4.82. The summed E-state index contributed by atoms with van der Waals surface area (Å²) in [5.41, 5.74) is 3.02. The molecule has 0 aliphatic rings. The number of carbonyl (C=O) groups is 3. The number of carbonyl (C=O) groups excluding carboxylic acids is 3. The number of hydrogen-bond donors (Lipinski definition) is 3. The number of amides is 3. The highest BCUT2D eigenvalue weighted by atomic mass is 16.5. The van der Waals surface area contributed by atoms with Crippen molar-refractivity contribution in [3.8, 4) is 0 Å². The molecule has 7 heteroatoms. The van der Waals surface area contributed by atoms with Crippen LogP contribution in [0.15, 0.2) is 84.9 Å². The number of ether oxygens (including phenoxy) is 1. The summed E-state index contributed by atoms with van der Waals surface area (Å²) < 4.78 is 5.14. The minimum Gasteiger partial charge on any atom is -0.445 e. The molecule has 0 aromatic heterocycles. The van der Waals surface area contributed by atoms with Gasteiger partial charge in [0.05, 0.1) is 6.04 Å². The first-order valence-corrected chi connectivity index (χ1v) is 11.2. The van der Waals surface area contributed by atoms with Gasteiger partial charge in [-0.25, -0.2) is 4.79 Å². The molecule has 3 amide bonds. The third-order valence-electron chi connectivity index (χ3n) is 5.12. The van der Waals surface area contributed by atoms with Crippen molar-refractivity contribution < 1.29 is 19.1 Å². The lowest BCUT2D eigenvalue weighted by Gasteiger charge is -2.16. The second-order valence-corrected chi connectivity index (χ2v) is 7.83. The van der Waals surface area contributed by atoms with Crippen LogP contribution < -0.4 is 16.0 Å². The zero-order valence-corrected chi connectivity index (χ0v) is 19.1. The molecule has 3 rings (SSSR count). The first-order chi connectivity index (χ1) is 16.5. The number of alkyl carbamates (subject to hydrolysis) is 1. The van der Waals surface area contributed by atoms with Gasteiger partial charge in [0.2, 0.25) is 5.91 Å². The van der Waals surface area contributed by atoms with Gasteiger partial charge in [-0.05, 0) is 48.7 Å². The number of nitrogens with one attached hydrogen (secondary N) is 3. The molecule has 7 nitrogen and oxygen atoms in total. The molecule has 3 aromatic rings. The third kappa shape index (κ3) is 8.09. The van der Waals surface area contributed by atoms with Crippen LogP contribution in [-0.4, -0.2) is 24.5 Å². The lowest BCUT2D eigenvalue weighted by atomic mass is 10.1. The Labute approximate surface area is 199 Å². The smallest absolute Gasteiger partial charge is 0.407 e. The van der Waals surface area contributed by atoms with Crippen molar-refractivity contribution in [3.63, 3.8) is 0 Å². The van der Waals surface area contributed by atoms with E-state index in [0.717, 1.165) is 11.1 Å². The van der Waals surface area contributed by atoms with E-state index in [-0.39, 0.29) is 30.9 Å². The summed E-state index contributed by atoms with van der Waals surface area (Å²) in [6, 6.07) is 25.6. The van der Waals surface area contributed by atoms with Crippen molar-refractivity contribution in [2.75, 3.05) is 11.9 Å². The van der Waals surface area contributed by atoms with Gasteiger partial charge in [-0.15, -0.1) is 0 Å². The minimum atomic E-state index is -0.507. The molecule has 3 N–H and O–H groups in total. The third-order valence-corrected chi connectivity index (χ3v) is 5.12. The monoisotopic (exact) mass is 459 g/mol. The van der Waals surface area contributed by atoms with Gasteiger partial charge in [-0.2, -0.15) is 0 Å². The number of benzene rings is 3. The Morgan fingerprint density at radius 1 is 0.882 bits per heavy atom. The van der Waals surface area contributed by atoms with Crippen LogP contribution in [0, 0.1) is 0 Å². The van der Waals surface area contributed by atoms with Crippen molar-refractivity contribution in [3.05, 3.63) is 102 Å². The molecule has 34 heavy (non-hydrogen) atoms. The van der Waals surface area contributed by atoms with Gasteiger partial charge in [0.15, 0.2) is 0 Å². The number of rotatable bonds is 10. The molecule has 0 saturated heterocycles. The maximum atomic E-state index is 12.4. The van der Waals surface area contributed by atoms with E-state index < -0.39 is 6.09 Å². The van der Waals surface area contributed by atoms with E-state index in [9.17, 15) is 14.4 Å². The predicted molar refractivity (Wildman–Crippen MR) is 131 cm³/mol. The van der Waals surface area contributed by atoms with Crippen LogP contribution >= 0.6 is 0 Å². The number of anilines is 1. The first-order valence-electron chi connectivity index (χ1n) is 11.2. The molecule has 0 fully saturated rings. The molecule has 3 aromatic carbocycles. The summed E-state index contributed by atoms with van der Waals surface area (Å²) >= 11 is 0. The highest BCUT2D eigenvalue weighted by Gasteiger charge is 2.12. The van der Waals surface area contributed by atoms with Crippen LogP contribution in [0.5, 0.6) is 0 Å². The van der Waals surface area contributed by atoms with Crippen molar-refractivity contribution in [1.82, 2.24) is 10.6 Å². The second kappa shape index (κ2) is 12.8. The molecular weight excluding hydrogens is 430 g/mol. The maximum Gasteiger partial charge on any atom is 0.407 e.